The molecule has 118 valence electrons. The molecule has 3 N–H and O–H groups in total. The minimum absolute atomic E-state index is 0.0171. The van der Waals surface area contributed by atoms with Crippen molar-refractivity contribution in [3.63, 3.8) is 0 Å². The van der Waals surface area contributed by atoms with E-state index in [-0.39, 0.29) is 18.2 Å². The lowest BCUT2D eigenvalue weighted by molar-refractivity contribution is -0.119. The van der Waals surface area contributed by atoms with Crippen LogP contribution >= 0.6 is 23.2 Å². The first kappa shape index (κ1) is 17.1. The van der Waals surface area contributed by atoms with Crippen molar-refractivity contribution >= 4 is 40.6 Å². The lowest BCUT2D eigenvalue weighted by atomic mass is 10.1. The van der Waals surface area contributed by atoms with Crippen molar-refractivity contribution in [2.75, 3.05) is 5.32 Å². The molecule has 0 saturated heterocycles. The van der Waals surface area contributed by atoms with Gasteiger partial charge >= 0.3 is 0 Å². The van der Waals surface area contributed by atoms with Gasteiger partial charge in [0.15, 0.2) is 0 Å². The molecule has 2 aromatic carbocycles. The molecule has 0 aliphatic heterocycles. The van der Waals surface area contributed by atoms with E-state index in [1.54, 1.807) is 24.4 Å². The first-order chi connectivity index (χ1) is 11.1. The van der Waals surface area contributed by atoms with Crippen molar-refractivity contribution in [2.24, 2.45) is 0 Å². The second kappa shape index (κ2) is 8.36. The van der Waals surface area contributed by atoms with Crippen LogP contribution in [0.2, 0.25) is 10.0 Å². The van der Waals surface area contributed by atoms with Gasteiger partial charge in [-0.2, -0.15) is 0 Å². The van der Waals surface area contributed by atoms with Crippen LogP contribution < -0.4 is 10.6 Å². The molecule has 2 aromatic rings. The van der Waals surface area contributed by atoms with Gasteiger partial charge in [0.2, 0.25) is 5.91 Å². The van der Waals surface area contributed by atoms with Crippen LogP contribution in [0.3, 0.4) is 0 Å². The Hall–Kier alpha value is -2.30. The fourth-order valence-electron chi connectivity index (χ4n) is 1.85. The average molecular weight is 348 g/mol. The van der Waals surface area contributed by atoms with E-state index >= 15 is 0 Å². The van der Waals surface area contributed by atoms with Gasteiger partial charge in [-0.3, -0.25) is 10.2 Å². The quantitative estimate of drug-likeness (QED) is 0.559. The monoisotopic (exact) mass is 347 g/mol. The van der Waals surface area contributed by atoms with E-state index in [4.69, 9.17) is 28.6 Å². The number of carbonyl (C=O) groups excluding carboxylic acids is 1. The number of benzene rings is 2. The molecule has 0 aromatic heterocycles. The first-order valence-corrected chi connectivity index (χ1v) is 7.61. The molecule has 1 amide bonds. The molecule has 0 bridgehead atoms. The number of anilines is 1. The van der Waals surface area contributed by atoms with Gasteiger partial charge in [-0.1, -0.05) is 53.5 Å². The van der Waals surface area contributed by atoms with E-state index in [0.717, 1.165) is 5.69 Å². The fourth-order valence-corrected chi connectivity index (χ4v) is 2.24. The zero-order chi connectivity index (χ0) is 16.7. The summed E-state index contributed by atoms with van der Waals surface area (Å²) in [5.74, 6) is -0.347. The number of amides is 1. The largest absolute Gasteiger partial charge is 0.362 e. The Balaban J connectivity index is 1.85. The van der Waals surface area contributed by atoms with E-state index in [1.165, 1.54) is 6.08 Å². The maximum absolute atomic E-state index is 11.9. The minimum atomic E-state index is -0.330. The molecule has 0 spiro atoms. The minimum Gasteiger partial charge on any atom is -0.362 e. The van der Waals surface area contributed by atoms with Crippen LogP contribution in [0.15, 0.2) is 60.8 Å². The highest BCUT2D eigenvalue weighted by Gasteiger charge is 2.09. The number of hydrogen-bond acceptors (Lipinski definition) is 3. The Morgan fingerprint density at radius 1 is 1.09 bits per heavy atom. The summed E-state index contributed by atoms with van der Waals surface area (Å²) in [5, 5.41) is 14.0. The Morgan fingerprint density at radius 3 is 2.57 bits per heavy atom. The van der Waals surface area contributed by atoms with Crippen LogP contribution in [0.5, 0.6) is 0 Å². The van der Waals surface area contributed by atoms with E-state index in [0.29, 0.717) is 15.6 Å². The Morgan fingerprint density at radius 2 is 1.83 bits per heavy atom. The number of hydrogen-bond donors (Lipinski definition) is 3. The van der Waals surface area contributed by atoms with E-state index < -0.39 is 0 Å². The number of para-hydroxylation sites is 1. The molecular formula is C17H15Cl2N3O. The van der Waals surface area contributed by atoms with Crippen molar-refractivity contribution in [3.8, 4) is 0 Å². The molecule has 23 heavy (non-hydrogen) atoms. The van der Waals surface area contributed by atoms with Crippen LogP contribution in [0.25, 0.3) is 0 Å². The Bertz CT molecular complexity index is 730. The number of amidine groups is 1. The summed E-state index contributed by atoms with van der Waals surface area (Å²) in [5.41, 5.74) is 1.52. The fraction of sp³-hybridized carbons (Fsp3) is 0.0588. The van der Waals surface area contributed by atoms with E-state index in [1.807, 2.05) is 30.3 Å². The number of rotatable bonds is 5. The van der Waals surface area contributed by atoms with E-state index in [2.05, 4.69) is 10.6 Å². The smallest absolute Gasteiger partial charge is 0.229 e. The molecule has 0 unspecified atom stereocenters. The zero-order valence-corrected chi connectivity index (χ0v) is 13.7. The van der Waals surface area contributed by atoms with Crippen LogP contribution in [-0.4, -0.2) is 11.7 Å². The number of carbonyl (C=O) groups is 1. The second-order valence-electron chi connectivity index (χ2n) is 4.70. The van der Waals surface area contributed by atoms with Gasteiger partial charge in [0.25, 0.3) is 0 Å². The molecule has 0 saturated carbocycles. The second-order valence-corrected chi connectivity index (χ2v) is 5.48. The summed E-state index contributed by atoms with van der Waals surface area (Å²) in [4.78, 5) is 11.9. The highest BCUT2D eigenvalue weighted by molar-refractivity contribution is 6.42. The third-order valence-electron chi connectivity index (χ3n) is 2.93. The lowest BCUT2D eigenvalue weighted by Crippen LogP contribution is -2.30. The molecule has 2 rings (SSSR count). The molecule has 4 nitrogen and oxygen atoms in total. The number of halogens is 2. The summed E-state index contributed by atoms with van der Waals surface area (Å²) in [6, 6.07) is 14.6. The maximum atomic E-state index is 11.9. The van der Waals surface area contributed by atoms with Gasteiger partial charge in [-0.15, -0.1) is 0 Å². The average Bonchev–Trinajstić information content (AvgIpc) is 2.53. The van der Waals surface area contributed by atoms with Crippen molar-refractivity contribution in [3.05, 3.63) is 76.4 Å². The third kappa shape index (κ3) is 5.43. The standard InChI is InChI=1S/C17H15Cl2N3O/c18-14-8-4-5-12(17(14)19)11-16(23)22-15(20)9-10-21-13-6-2-1-3-7-13/h1-10,21H,11H2,(H2,20,22,23)/b10-9-. The summed E-state index contributed by atoms with van der Waals surface area (Å²) in [6.45, 7) is 0. The number of nitrogens with one attached hydrogen (secondary N) is 3. The molecule has 0 radical (unpaired) electrons. The van der Waals surface area contributed by atoms with Crippen LogP contribution in [0.4, 0.5) is 5.69 Å². The summed E-state index contributed by atoms with van der Waals surface area (Å²) >= 11 is 11.9. The highest BCUT2D eigenvalue weighted by atomic mass is 35.5. The predicted octanol–water partition coefficient (Wildman–Crippen LogP) is 4.26. The van der Waals surface area contributed by atoms with Crippen molar-refractivity contribution < 1.29 is 4.79 Å². The third-order valence-corrected chi connectivity index (χ3v) is 3.79. The van der Waals surface area contributed by atoms with Gasteiger partial charge < -0.3 is 10.6 Å². The normalized spacial score (nSPS) is 10.5. The Labute approximate surface area is 144 Å². The molecule has 0 heterocycles. The summed E-state index contributed by atoms with van der Waals surface area (Å²) < 4.78 is 0. The van der Waals surface area contributed by atoms with Gasteiger partial charge in [0, 0.05) is 11.9 Å². The summed E-state index contributed by atoms with van der Waals surface area (Å²) in [7, 11) is 0. The van der Waals surface area contributed by atoms with Gasteiger partial charge in [-0.25, -0.2) is 0 Å². The van der Waals surface area contributed by atoms with Gasteiger partial charge in [-0.05, 0) is 29.8 Å². The molecule has 0 aliphatic rings. The maximum Gasteiger partial charge on any atom is 0.229 e. The predicted molar refractivity (Wildman–Crippen MR) is 95.2 cm³/mol. The first-order valence-electron chi connectivity index (χ1n) is 6.85. The van der Waals surface area contributed by atoms with Crippen LogP contribution in [-0.2, 0) is 11.2 Å². The van der Waals surface area contributed by atoms with Gasteiger partial charge in [0.05, 0.1) is 16.5 Å². The van der Waals surface area contributed by atoms with Crippen molar-refractivity contribution in [1.82, 2.24) is 5.32 Å². The molecule has 0 aliphatic carbocycles. The van der Waals surface area contributed by atoms with E-state index in [9.17, 15) is 4.79 Å². The lowest BCUT2D eigenvalue weighted by Gasteiger charge is -2.06. The molecule has 6 heteroatoms. The van der Waals surface area contributed by atoms with Crippen molar-refractivity contribution in [2.45, 2.75) is 6.42 Å². The SMILES string of the molecule is N=C(/C=C\Nc1ccccc1)NC(=O)Cc1cccc(Cl)c1Cl. The molecule has 0 fully saturated rings. The van der Waals surface area contributed by atoms with Crippen molar-refractivity contribution in [1.29, 1.82) is 5.41 Å². The zero-order valence-electron chi connectivity index (χ0n) is 12.1. The highest BCUT2D eigenvalue weighted by Crippen LogP contribution is 2.25. The molecular weight excluding hydrogens is 333 g/mol. The Kier molecular flexibility index (Phi) is 6.20. The van der Waals surface area contributed by atoms with Crippen LogP contribution in [0, 0.1) is 5.41 Å². The summed E-state index contributed by atoms with van der Waals surface area (Å²) in [6.07, 6.45) is 3.11. The topological polar surface area (TPSA) is 65.0 Å². The van der Waals surface area contributed by atoms with Crippen LogP contribution in [0.1, 0.15) is 5.56 Å². The van der Waals surface area contributed by atoms with Gasteiger partial charge in [0.1, 0.15) is 5.84 Å². The molecule has 0 atom stereocenters.